The van der Waals surface area contributed by atoms with Gasteiger partial charge in [-0.15, -0.1) is 11.8 Å². The number of carboxylic acids is 1. The quantitative estimate of drug-likeness (QED) is 0.125. The van der Waals surface area contributed by atoms with Gasteiger partial charge in [-0.1, -0.05) is 62.9 Å². The number of thioether (sulfide) groups is 1. The van der Waals surface area contributed by atoms with E-state index in [1.807, 2.05) is 48.5 Å². The smallest absolute Gasteiger partial charge is 0.339 e. The van der Waals surface area contributed by atoms with E-state index < -0.39 is 12.0 Å². The molecule has 0 atom stereocenters. The van der Waals surface area contributed by atoms with E-state index in [1.54, 1.807) is 40.9 Å². The number of aryl methyl sites for hydroxylation is 1. The van der Waals surface area contributed by atoms with Crippen molar-refractivity contribution in [2.75, 3.05) is 22.5 Å². The maximum Gasteiger partial charge on any atom is 0.339 e. The molecule has 1 heterocycles. The average molecular weight is 559 g/mol. The number of hydrazone groups is 1. The van der Waals surface area contributed by atoms with E-state index in [0.717, 1.165) is 54.0 Å². The molecule has 0 saturated heterocycles. The molecule has 0 aromatic heterocycles. The van der Waals surface area contributed by atoms with Gasteiger partial charge in [0, 0.05) is 28.4 Å². The Labute approximate surface area is 238 Å². The van der Waals surface area contributed by atoms with Crippen molar-refractivity contribution in [3.63, 3.8) is 0 Å². The summed E-state index contributed by atoms with van der Waals surface area (Å²) >= 11 is 1.65. The van der Waals surface area contributed by atoms with Crippen LogP contribution in [0.2, 0.25) is 0 Å². The van der Waals surface area contributed by atoms with Crippen LogP contribution in [0.3, 0.4) is 0 Å². The summed E-state index contributed by atoms with van der Waals surface area (Å²) in [7, 11) is 0. The number of unbranched alkanes of at least 4 members (excludes halogenated alkanes) is 4. The number of amides is 3. The number of fused-ring (bicyclic) bond motifs is 1. The fourth-order valence-corrected chi connectivity index (χ4v) is 5.41. The lowest BCUT2D eigenvalue weighted by atomic mass is 10.1. The summed E-state index contributed by atoms with van der Waals surface area (Å²) < 4.78 is 0. The van der Waals surface area contributed by atoms with Crippen molar-refractivity contribution in [3.05, 3.63) is 89.5 Å². The summed E-state index contributed by atoms with van der Waals surface area (Å²) in [5, 5.41) is 16.0. The predicted octanol–water partition coefficient (Wildman–Crippen LogP) is 6.56. The van der Waals surface area contributed by atoms with Gasteiger partial charge in [0.1, 0.15) is 0 Å². The molecule has 3 amide bonds. The second kappa shape index (κ2) is 14.3. The summed E-state index contributed by atoms with van der Waals surface area (Å²) in [5.41, 5.74) is 6.17. The van der Waals surface area contributed by atoms with Gasteiger partial charge in [-0.25, -0.2) is 15.0 Å². The van der Waals surface area contributed by atoms with Crippen LogP contribution >= 0.6 is 11.8 Å². The Morgan fingerprint density at radius 2 is 1.70 bits per heavy atom. The Balaban J connectivity index is 1.46. The number of nitrogens with one attached hydrogen (secondary N) is 2. The number of para-hydroxylation sites is 1. The topological polar surface area (TPSA) is 111 Å². The summed E-state index contributed by atoms with van der Waals surface area (Å²) in [5.74, 6) is -0.371. The first kappa shape index (κ1) is 28.9. The van der Waals surface area contributed by atoms with Crippen molar-refractivity contribution in [2.45, 2.75) is 50.3 Å². The third kappa shape index (κ3) is 7.72. The molecular formula is C31H34N4O4S. The minimum atomic E-state index is -0.937. The van der Waals surface area contributed by atoms with E-state index in [2.05, 4.69) is 22.8 Å². The van der Waals surface area contributed by atoms with Crippen molar-refractivity contribution in [1.82, 2.24) is 5.43 Å². The van der Waals surface area contributed by atoms with Crippen molar-refractivity contribution < 1.29 is 19.5 Å². The first-order valence-electron chi connectivity index (χ1n) is 13.6. The normalized spacial score (nSPS) is 13.4. The van der Waals surface area contributed by atoms with Crippen LogP contribution in [0.4, 0.5) is 16.2 Å². The Hall–Kier alpha value is -4.11. The molecule has 4 rings (SSSR count). The molecule has 1 aliphatic heterocycles. The highest BCUT2D eigenvalue weighted by molar-refractivity contribution is 7.99. The molecule has 0 aliphatic carbocycles. The van der Waals surface area contributed by atoms with Crippen molar-refractivity contribution in [3.8, 4) is 0 Å². The third-order valence-corrected chi connectivity index (χ3v) is 7.60. The van der Waals surface area contributed by atoms with E-state index in [0.29, 0.717) is 17.8 Å². The Kier molecular flexibility index (Phi) is 10.3. The van der Waals surface area contributed by atoms with E-state index in [1.165, 1.54) is 6.42 Å². The minimum Gasteiger partial charge on any atom is -0.478 e. The number of carbonyl (C=O) groups excluding carboxylic acids is 2. The highest BCUT2D eigenvalue weighted by Crippen LogP contribution is 2.33. The van der Waals surface area contributed by atoms with Gasteiger partial charge in [-0.05, 0) is 60.9 Å². The van der Waals surface area contributed by atoms with E-state index in [4.69, 9.17) is 5.11 Å². The molecule has 0 radical (unpaired) electrons. The van der Waals surface area contributed by atoms with Gasteiger partial charge in [-0.3, -0.25) is 4.79 Å². The number of hydrogen-bond acceptors (Lipinski definition) is 5. The maximum atomic E-state index is 13.4. The molecule has 3 aromatic carbocycles. The molecule has 3 N–H and O–H groups in total. The molecule has 0 fully saturated rings. The zero-order chi connectivity index (χ0) is 28.3. The minimum absolute atomic E-state index is 0.217. The van der Waals surface area contributed by atoms with Gasteiger partial charge in [0.2, 0.25) is 0 Å². The maximum absolute atomic E-state index is 13.4. The lowest BCUT2D eigenvalue weighted by Gasteiger charge is -2.17. The van der Waals surface area contributed by atoms with Gasteiger partial charge in [0.25, 0.3) is 5.91 Å². The van der Waals surface area contributed by atoms with Crippen LogP contribution in [0.25, 0.3) is 0 Å². The van der Waals surface area contributed by atoms with Crippen molar-refractivity contribution in [1.29, 1.82) is 0 Å². The molecule has 0 spiro atoms. The van der Waals surface area contributed by atoms with Crippen molar-refractivity contribution >= 4 is 46.8 Å². The highest BCUT2D eigenvalue weighted by atomic mass is 32.2. The highest BCUT2D eigenvalue weighted by Gasteiger charge is 2.34. The van der Waals surface area contributed by atoms with Crippen LogP contribution in [0.5, 0.6) is 0 Å². The first-order chi connectivity index (χ1) is 19.5. The number of carboxylic acid groups (broad SMARTS) is 1. The second-order valence-electron chi connectivity index (χ2n) is 9.54. The fourth-order valence-electron chi connectivity index (χ4n) is 4.47. The van der Waals surface area contributed by atoms with E-state index in [-0.39, 0.29) is 17.2 Å². The van der Waals surface area contributed by atoms with Gasteiger partial charge >= 0.3 is 12.0 Å². The second-order valence-corrected chi connectivity index (χ2v) is 10.7. The zero-order valence-electron chi connectivity index (χ0n) is 22.6. The van der Waals surface area contributed by atoms with Crippen LogP contribution in [0, 0.1) is 0 Å². The Morgan fingerprint density at radius 1 is 0.950 bits per heavy atom. The molecule has 1 aliphatic rings. The van der Waals surface area contributed by atoms with Crippen LogP contribution in [-0.4, -0.2) is 41.0 Å². The largest absolute Gasteiger partial charge is 0.478 e. The molecule has 9 heteroatoms. The fraction of sp³-hybridized carbons (Fsp3) is 0.290. The molecule has 0 bridgehead atoms. The lowest BCUT2D eigenvalue weighted by Crippen LogP contribution is -2.33. The Morgan fingerprint density at radius 3 is 2.42 bits per heavy atom. The monoisotopic (exact) mass is 558 g/mol. The molecule has 0 saturated carbocycles. The number of urea groups is 1. The van der Waals surface area contributed by atoms with Crippen molar-refractivity contribution in [2.24, 2.45) is 5.10 Å². The number of rotatable bonds is 13. The van der Waals surface area contributed by atoms with E-state index in [9.17, 15) is 14.4 Å². The van der Waals surface area contributed by atoms with Gasteiger partial charge in [-0.2, -0.15) is 5.10 Å². The predicted molar refractivity (Wildman–Crippen MR) is 161 cm³/mol. The number of nitrogens with zero attached hydrogens (tertiary/aromatic N) is 2. The number of aromatic carboxylic acids is 1. The third-order valence-electron chi connectivity index (χ3n) is 6.61. The van der Waals surface area contributed by atoms with Gasteiger partial charge in [0.05, 0.1) is 11.3 Å². The number of benzene rings is 3. The molecule has 208 valence electrons. The summed E-state index contributed by atoms with van der Waals surface area (Å²) in [6.07, 6.45) is 6.21. The molecule has 0 unspecified atom stereocenters. The number of anilines is 2. The molecular weight excluding hydrogens is 524 g/mol. The number of carbonyl (C=O) groups is 3. The molecule has 40 heavy (non-hydrogen) atoms. The van der Waals surface area contributed by atoms with E-state index >= 15 is 0 Å². The lowest BCUT2D eigenvalue weighted by molar-refractivity contribution is -0.112. The average Bonchev–Trinajstić information content (AvgIpc) is 3.22. The number of hydrogen-bond donors (Lipinski definition) is 3. The van der Waals surface area contributed by atoms with Crippen LogP contribution in [-0.2, 0) is 11.2 Å². The molecule has 8 nitrogen and oxygen atoms in total. The van der Waals surface area contributed by atoms with Gasteiger partial charge < -0.3 is 15.3 Å². The zero-order valence-corrected chi connectivity index (χ0v) is 23.4. The Bertz CT molecular complexity index is 1360. The van der Waals surface area contributed by atoms with Crippen LogP contribution < -0.4 is 15.6 Å². The van der Waals surface area contributed by atoms with Crippen LogP contribution in [0.15, 0.2) is 82.8 Å². The first-order valence-corrected chi connectivity index (χ1v) is 14.6. The van der Waals surface area contributed by atoms with Gasteiger partial charge in [0.15, 0.2) is 5.71 Å². The summed E-state index contributed by atoms with van der Waals surface area (Å²) in [6.45, 7) is 2.78. The molecule has 3 aromatic rings. The standard InChI is InChI=1S/C31H34N4O4S/c1-2-3-4-5-9-19-35-27-17-16-25(40-20-18-22-12-14-23(15-13-22)30(37)38)21-26(27)28(29(35)36)33-34-31(39)32-24-10-7-6-8-11-24/h6-8,10-17,21H,2-5,9,18-20H2,1H3,(H,37,38)(H2,32,34,39)/b33-28-. The summed E-state index contributed by atoms with van der Waals surface area (Å²) in [4.78, 5) is 39.7. The SMILES string of the molecule is CCCCCCCN1C(=O)/C(=N\NC(=O)Nc2ccccc2)c2cc(SCCc3ccc(C(=O)O)cc3)ccc21. The van der Waals surface area contributed by atoms with Crippen LogP contribution in [0.1, 0.15) is 60.5 Å². The summed E-state index contributed by atoms with van der Waals surface area (Å²) in [6, 6.07) is 21.3.